The number of hydrogen-bond donors (Lipinski definition) is 3. The molecule has 24 heteroatoms. The second kappa shape index (κ2) is 34.7. The van der Waals surface area contributed by atoms with Crippen molar-refractivity contribution >= 4 is 69.4 Å². The molecule has 6 amide bonds. The molecule has 109 heavy (non-hydrogen) atoms. The van der Waals surface area contributed by atoms with Crippen LogP contribution in [0.4, 0.5) is 17.5 Å². The first-order chi connectivity index (χ1) is 51.5. The fourth-order valence-corrected chi connectivity index (χ4v) is 13.9. The smallest absolute Gasteiger partial charge is 0.299 e. The molecule has 3 saturated heterocycles. The van der Waals surface area contributed by atoms with Gasteiger partial charge in [0, 0.05) is 107 Å². The highest BCUT2D eigenvalue weighted by atomic mass is 16.2. The minimum atomic E-state index is -0.236. The summed E-state index contributed by atoms with van der Waals surface area (Å²) in [4.78, 5) is 122. The number of nitrogens with zero attached hydrogens (tertiary/aromatic N) is 15. The molecule has 3 aromatic carbocycles. The maximum Gasteiger partial charge on any atom is 0.299 e. The molecule has 0 unspecified atom stereocenters. The number of fused-ring (bicyclic) bond motifs is 3. The molecule has 0 radical (unpaired) electrons. The van der Waals surface area contributed by atoms with Gasteiger partial charge in [-0.15, -0.1) is 0 Å². The Kier molecular flexibility index (Phi) is 24.9. The summed E-state index contributed by atoms with van der Waals surface area (Å²) in [5, 5.41) is 8.40. The van der Waals surface area contributed by atoms with Gasteiger partial charge in [0.1, 0.15) is 34.9 Å². The van der Waals surface area contributed by atoms with Crippen LogP contribution in [0, 0.1) is 58.3 Å². The van der Waals surface area contributed by atoms with E-state index in [1.54, 1.807) is 123 Å². The number of imidazole rings is 3. The van der Waals surface area contributed by atoms with E-state index in [0.29, 0.717) is 53.8 Å². The van der Waals surface area contributed by atoms with Crippen LogP contribution >= 0.6 is 0 Å². The predicted octanol–water partition coefficient (Wildman–Crippen LogP) is 14.8. The molecule has 12 heterocycles. The maximum atomic E-state index is 12.7. The van der Waals surface area contributed by atoms with Gasteiger partial charge in [-0.1, -0.05) is 95.3 Å². The second-order valence-corrected chi connectivity index (χ2v) is 25.8. The summed E-state index contributed by atoms with van der Waals surface area (Å²) in [5.74, 6) is 13.6. The molecular weight excluding hydrogens is 1370 g/mol. The fraction of sp³-hybridized carbons (Fsp3) is 0.259. The highest BCUT2D eigenvalue weighted by Crippen LogP contribution is 2.40. The molecule has 3 aliphatic heterocycles. The van der Waals surface area contributed by atoms with Crippen molar-refractivity contribution in [2.45, 2.75) is 127 Å². The molecule has 0 saturated carbocycles. The van der Waals surface area contributed by atoms with Gasteiger partial charge in [-0.05, 0) is 178 Å². The Morgan fingerprint density at radius 1 is 0.431 bits per heavy atom. The number of nitrogens with one attached hydrogen (secondary N) is 3. The molecule has 12 aromatic rings. The van der Waals surface area contributed by atoms with E-state index in [4.69, 9.17) is 15.0 Å². The fourth-order valence-electron chi connectivity index (χ4n) is 13.9. The standard InChI is InChI=1S/C28H26N6O2.C27H26N6O2.C27H24N6O2.3CH4/c1-4-8-24(35)33-16-7-9-22(33)27-32-25(26-19(3)30-17-18(2)34(26)27)20-11-13-21(14-12-20)28(36)31-23-10-5-6-15-29-23;1-4-23(34)32-15-7-8-21(32)26-31-24(25-18(3)29-16-17(2)33(25)26)19-10-12-20(13-11-19)27(35)30-22-9-5-6-14-28-22;1-3-7-24(34)32-15-6-8-21(32)26-31-25(22-17-28-16-18(2)33(22)26)19-10-12-20(13-11-19)27(35)30-23-9-4-5-14-29-23;;;/h5-6,10-15,17,22H,7,9,16H2,1-3H3,(H,29,31,36);4-6,9-14,16,21H,1,7-8,15H2,2-3H3,(H,28,30,35);4-5,9-14,16-17,21H,6,8,15H2,1-2H3,(H,29,30,35);3*1H4/t22-;2*21-;;;/m000.../s1. The molecule has 554 valence electrons. The topological polar surface area (TPSA) is 277 Å². The number of rotatable bonds is 13. The van der Waals surface area contributed by atoms with E-state index in [2.05, 4.69) is 89.3 Å². The van der Waals surface area contributed by atoms with Crippen molar-refractivity contribution < 1.29 is 28.8 Å². The molecule has 3 fully saturated rings. The van der Waals surface area contributed by atoms with Crippen molar-refractivity contribution in [1.82, 2.24) is 72.8 Å². The summed E-state index contributed by atoms with van der Waals surface area (Å²) in [5.41, 5.74) is 13.6. The summed E-state index contributed by atoms with van der Waals surface area (Å²) in [7, 11) is 0. The van der Waals surface area contributed by atoms with Gasteiger partial charge in [0.25, 0.3) is 29.5 Å². The van der Waals surface area contributed by atoms with Crippen LogP contribution < -0.4 is 16.0 Å². The maximum absolute atomic E-state index is 12.7. The van der Waals surface area contributed by atoms with Gasteiger partial charge >= 0.3 is 0 Å². The lowest BCUT2D eigenvalue weighted by Gasteiger charge is -2.23. The van der Waals surface area contributed by atoms with Crippen molar-refractivity contribution in [3.63, 3.8) is 0 Å². The summed E-state index contributed by atoms with van der Waals surface area (Å²) < 4.78 is 6.29. The van der Waals surface area contributed by atoms with Crippen LogP contribution in [0.5, 0.6) is 0 Å². The van der Waals surface area contributed by atoms with E-state index in [0.717, 1.165) is 135 Å². The number of carbonyl (C=O) groups is 6. The van der Waals surface area contributed by atoms with Crippen LogP contribution in [0.25, 0.3) is 50.3 Å². The van der Waals surface area contributed by atoms with E-state index >= 15 is 0 Å². The minimum absolute atomic E-state index is 0. The van der Waals surface area contributed by atoms with Crippen molar-refractivity contribution in [1.29, 1.82) is 0 Å². The van der Waals surface area contributed by atoms with Crippen molar-refractivity contribution in [2.24, 2.45) is 0 Å². The van der Waals surface area contributed by atoms with Gasteiger partial charge in [-0.3, -0.25) is 56.9 Å². The first-order valence-electron chi connectivity index (χ1n) is 34.9. The van der Waals surface area contributed by atoms with Gasteiger partial charge in [0.2, 0.25) is 5.91 Å². The van der Waals surface area contributed by atoms with Gasteiger partial charge in [-0.2, -0.15) is 0 Å². The van der Waals surface area contributed by atoms with Crippen LogP contribution in [0.3, 0.4) is 0 Å². The Bertz CT molecular complexity index is 5480. The number of carbonyl (C=O) groups excluding carboxylic acids is 6. The number of anilines is 3. The van der Waals surface area contributed by atoms with E-state index < -0.39 is 0 Å². The SMILES string of the molecule is C.C.C.C=CC(=O)N1CCC[C@H]1c1nc(-c2ccc(C(=O)Nc3ccccn3)cc2)c2c(C)ncc(C)n12.CC#CC(=O)N1CCC[C@H]1c1nc(-c2ccc(C(=O)Nc3ccccn3)cc2)c2c(C)ncc(C)n12.CC#CC(=O)N1CCC[C@H]1c1nc(-c2ccc(C(=O)Nc3ccccn3)cc2)c2cncc(C)n12. The number of aryl methyl sites for hydroxylation is 5. The first-order valence-corrected chi connectivity index (χ1v) is 34.9. The van der Waals surface area contributed by atoms with Crippen LogP contribution in [0.2, 0.25) is 0 Å². The third kappa shape index (κ3) is 16.4. The number of likely N-dealkylation sites (tertiary alicyclic amines) is 3. The number of hydrogen-bond acceptors (Lipinski definition) is 15. The first kappa shape index (κ1) is 78.2. The number of benzene rings is 3. The highest BCUT2D eigenvalue weighted by molar-refractivity contribution is 6.06. The molecule has 9 aromatic heterocycles. The zero-order chi connectivity index (χ0) is 74.1. The van der Waals surface area contributed by atoms with E-state index in [1.165, 1.54) is 6.08 Å². The van der Waals surface area contributed by atoms with Gasteiger partial charge in [0.05, 0.1) is 69.3 Å². The Balaban J connectivity index is 0.000000172. The van der Waals surface area contributed by atoms with Crippen molar-refractivity contribution in [2.75, 3.05) is 35.6 Å². The molecule has 0 aliphatic carbocycles. The Hall–Kier alpha value is -13.4. The summed E-state index contributed by atoms with van der Waals surface area (Å²) >= 11 is 0. The van der Waals surface area contributed by atoms with Crippen LogP contribution in [0.15, 0.2) is 183 Å². The summed E-state index contributed by atoms with van der Waals surface area (Å²) in [6, 6.07) is 37.6. The number of amides is 6. The van der Waals surface area contributed by atoms with Crippen LogP contribution in [-0.4, -0.2) is 128 Å². The molecule has 15 rings (SSSR count). The summed E-state index contributed by atoms with van der Waals surface area (Å²) in [6.45, 7) is 18.9. The molecule has 0 bridgehead atoms. The lowest BCUT2D eigenvalue weighted by Crippen LogP contribution is -2.30. The molecule has 3 N–H and O–H groups in total. The average molecular weight is 1460 g/mol. The van der Waals surface area contributed by atoms with Crippen molar-refractivity contribution in [3.8, 4) is 57.5 Å². The number of aromatic nitrogens is 12. The Labute approximate surface area is 634 Å². The van der Waals surface area contributed by atoms with Gasteiger partial charge < -0.3 is 30.7 Å². The third-order valence-corrected chi connectivity index (χ3v) is 18.9. The third-order valence-electron chi connectivity index (χ3n) is 18.9. The van der Waals surface area contributed by atoms with E-state index in [-0.39, 0.29) is 75.8 Å². The molecule has 0 spiro atoms. The van der Waals surface area contributed by atoms with Gasteiger partial charge in [0.15, 0.2) is 0 Å². The quantitative estimate of drug-likeness (QED) is 0.0715. The number of pyridine rings is 3. The Morgan fingerprint density at radius 2 is 0.780 bits per heavy atom. The average Bonchev–Trinajstić information content (AvgIpc) is 1.61. The zero-order valence-corrected chi connectivity index (χ0v) is 59.7. The van der Waals surface area contributed by atoms with Crippen molar-refractivity contribution in [3.05, 3.63) is 246 Å². The lowest BCUT2D eigenvalue weighted by molar-refractivity contribution is -0.127. The largest absolute Gasteiger partial charge is 0.329 e. The van der Waals surface area contributed by atoms with Gasteiger partial charge in [-0.25, -0.2) is 29.9 Å². The zero-order valence-electron chi connectivity index (χ0n) is 59.7. The van der Waals surface area contributed by atoms with E-state index in [1.807, 2.05) is 111 Å². The second-order valence-electron chi connectivity index (χ2n) is 25.8. The Morgan fingerprint density at radius 3 is 1.15 bits per heavy atom. The highest BCUT2D eigenvalue weighted by Gasteiger charge is 2.37. The molecular formula is C85H88N18O6. The predicted molar refractivity (Wildman–Crippen MR) is 424 cm³/mol. The summed E-state index contributed by atoms with van der Waals surface area (Å²) in [6.07, 6.45) is 18.7. The van der Waals surface area contributed by atoms with Crippen LogP contribution in [0.1, 0.15) is 170 Å². The monoisotopic (exact) mass is 1460 g/mol. The lowest BCUT2D eigenvalue weighted by atomic mass is 10.1. The van der Waals surface area contributed by atoms with Crippen LogP contribution in [-0.2, 0) is 14.4 Å². The minimum Gasteiger partial charge on any atom is -0.329 e. The normalized spacial score (nSPS) is 14.7. The van der Waals surface area contributed by atoms with E-state index in [9.17, 15) is 28.8 Å². The molecule has 3 atom stereocenters. The molecule has 24 nitrogen and oxygen atoms in total. The molecule has 3 aliphatic rings.